The first kappa shape index (κ1) is 14.0. The largest absolute Gasteiger partial charge is 0.341 e. The number of carbonyl (C=O) groups is 1. The SMILES string of the molecule is C[C@@H](N)C(=O)N1CCC(c2ccccc2)C1.Cl. The molecule has 4 heteroatoms. The minimum Gasteiger partial charge on any atom is -0.341 e. The van der Waals surface area contributed by atoms with E-state index in [9.17, 15) is 4.79 Å². The monoisotopic (exact) mass is 254 g/mol. The van der Waals surface area contributed by atoms with Crippen LogP contribution in [0.15, 0.2) is 30.3 Å². The Balaban J connectivity index is 0.00000144. The number of nitrogens with two attached hydrogens (primary N) is 1. The molecule has 0 aliphatic carbocycles. The van der Waals surface area contributed by atoms with Gasteiger partial charge in [-0.1, -0.05) is 30.3 Å². The normalized spacial score (nSPS) is 20.8. The summed E-state index contributed by atoms with van der Waals surface area (Å²) in [6.45, 7) is 3.39. The highest BCUT2D eigenvalue weighted by molar-refractivity contribution is 5.85. The maximum Gasteiger partial charge on any atom is 0.239 e. The van der Waals surface area contributed by atoms with Crippen molar-refractivity contribution in [1.82, 2.24) is 4.90 Å². The molecule has 1 heterocycles. The van der Waals surface area contributed by atoms with Crippen molar-refractivity contribution in [1.29, 1.82) is 0 Å². The summed E-state index contributed by atoms with van der Waals surface area (Å²) in [4.78, 5) is 13.6. The van der Waals surface area contributed by atoms with Gasteiger partial charge in [0.15, 0.2) is 0 Å². The number of benzene rings is 1. The summed E-state index contributed by atoms with van der Waals surface area (Å²) in [5, 5.41) is 0. The molecule has 1 fully saturated rings. The molecule has 2 atom stereocenters. The summed E-state index contributed by atoms with van der Waals surface area (Å²) >= 11 is 0. The number of amides is 1. The van der Waals surface area contributed by atoms with Crippen molar-refractivity contribution in [2.75, 3.05) is 13.1 Å². The van der Waals surface area contributed by atoms with E-state index in [-0.39, 0.29) is 24.4 Å². The molecule has 1 aromatic rings. The van der Waals surface area contributed by atoms with E-state index in [1.165, 1.54) is 5.56 Å². The van der Waals surface area contributed by atoms with Gasteiger partial charge in [-0.3, -0.25) is 4.79 Å². The van der Waals surface area contributed by atoms with Crippen LogP contribution < -0.4 is 5.73 Å². The second kappa shape index (κ2) is 6.03. The minimum absolute atomic E-state index is 0. The quantitative estimate of drug-likeness (QED) is 0.875. The van der Waals surface area contributed by atoms with Crippen LogP contribution >= 0.6 is 12.4 Å². The number of carbonyl (C=O) groups excluding carboxylic acids is 1. The molecule has 1 unspecified atom stereocenters. The molecule has 94 valence electrons. The third-order valence-electron chi connectivity index (χ3n) is 3.16. The Morgan fingerprint density at radius 2 is 2.06 bits per heavy atom. The molecule has 3 nitrogen and oxygen atoms in total. The molecule has 1 aromatic carbocycles. The molecule has 1 aliphatic heterocycles. The van der Waals surface area contributed by atoms with E-state index in [2.05, 4.69) is 12.1 Å². The summed E-state index contributed by atoms with van der Waals surface area (Å²) in [5.41, 5.74) is 6.93. The lowest BCUT2D eigenvalue weighted by Crippen LogP contribution is -2.40. The molecule has 0 spiro atoms. The number of rotatable bonds is 2. The molecular weight excluding hydrogens is 236 g/mol. The molecule has 1 aliphatic rings. The van der Waals surface area contributed by atoms with Crippen molar-refractivity contribution >= 4 is 18.3 Å². The average Bonchev–Trinajstić information content (AvgIpc) is 2.78. The van der Waals surface area contributed by atoms with Crippen LogP contribution in [0.2, 0.25) is 0 Å². The van der Waals surface area contributed by atoms with Crippen molar-refractivity contribution in [3.63, 3.8) is 0 Å². The number of nitrogens with zero attached hydrogens (tertiary/aromatic N) is 1. The molecule has 0 aromatic heterocycles. The van der Waals surface area contributed by atoms with Crippen molar-refractivity contribution < 1.29 is 4.79 Å². The fraction of sp³-hybridized carbons (Fsp3) is 0.462. The van der Waals surface area contributed by atoms with Crippen LogP contribution in [0.1, 0.15) is 24.8 Å². The summed E-state index contributed by atoms with van der Waals surface area (Å²) < 4.78 is 0. The standard InChI is InChI=1S/C13H18N2O.ClH/c1-10(14)13(16)15-8-7-12(9-15)11-5-3-2-4-6-11;/h2-6,10,12H,7-9,14H2,1H3;1H/t10-,12?;/m1./s1. The van der Waals surface area contributed by atoms with E-state index in [1.807, 2.05) is 23.1 Å². The first-order valence-corrected chi connectivity index (χ1v) is 5.78. The Hall–Kier alpha value is -1.06. The van der Waals surface area contributed by atoms with E-state index in [0.717, 1.165) is 19.5 Å². The van der Waals surface area contributed by atoms with Crippen molar-refractivity contribution in [2.45, 2.75) is 25.3 Å². The van der Waals surface area contributed by atoms with Gasteiger partial charge in [0.1, 0.15) is 0 Å². The fourth-order valence-electron chi connectivity index (χ4n) is 2.25. The molecule has 1 saturated heterocycles. The van der Waals surface area contributed by atoms with Crippen LogP contribution in [0.4, 0.5) is 0 Å². The predicted octanol–water partition coefficient (Wildman–Crippen LogP) is 1.77. The van der Waals surface area contributed by atoms with E-state index in [4.69, 9.17) is 5.73 Å². The highest BCUT2D eigenvalue weighted by Gasteiger charge is 2.28. The second-order valence-electron chi connectivity index (χ2n) is 4.47. The van der Waals surface area contributed by atoms with Crippen LogP contribution in [-0.4, -0.2) is 29.9 Å². The van der Waals surface area contributed by atoms with Gasteiger partial charge >= 0.3 is 0 Å². The van der Waals surface area contributed by atoms with E-state index >= 15 is 0 Å². The molecule has 2 rings (SSSR count). The van der Waals surface area contributed by atoms with Crippen molar-refractivity contribution in [3.8, 4) is 0 Å². The number of hydrogen-bond acceptors (Lipinski definition) is 2. The van der Waals surface area contributed by atoms with Gasteiger partial charge < -0.3 is 10.6 Å². The third kappa shape index (κ3) is 3.20. The highest BCUT2D eigenvalue weighted by atomic mass is 35.5. The number of hydrogen-bond donors (Lipinski definition) is 1. The van der Waals surface area contributed by atoms with E-state index in [1.54, 1.807) is 6.92 Å². The zero-order valence-electron chi connectivity index (χ0n) is 10.0. The van der Waals surface area contributed by atoms with Gasteiger partial charge in [-0.05, 0) is 18.9 Å². The van der Waals surface area contributed by atoms with E-state index in [0.29, 0.717) is 5.92 Å². The summed E-state index contributed by atoms with van der Waals surface area (Å²) in [5.74, 6) is 0.544. The Bertz CT molecular complexity index is 367. The molecule has 1 amide bonds. The topological polar surface area (TPSA) is 46.3 Å². The van der Waals surface area contributed by atoms with Crippen LogP contribution in [0.5, 0.6) is 0 Å². The summed E-state index contributed by atoms with van der Waals surface area (Å²) in [6, 6.07) is 9.99. The maximum atomic E-state index is 11.7. The van der Waals surface area contributed by atoms with Crippen LogP contribution in [-0.2, 0) is 4.79 Å². The van der Waals surface area contributed by atoms with Gasteiger partial charge in [0, 0.05) is 19.0 Å². The highest BCUT2D eigenvalue weighted by Crippen LogP contribution is 2.26. The summed E-state index contributed by atoms with van der Waals surface area (Å²) in [7, 11) is 0. The zero-order chi connectivity index (χ0) is 11.5. The molecule has 17 heavy (non-hydrogen) atoms. The Morgan fingerprint density at radius 3 is 2.65 bits per heavy atom. The lowest BCUT2D eigenvalue weighted by molar-refractivity contribution is -0.131. The lowest BCUT2D eigenvalue weighted by Gasteiger charge is -2.18. The lowest BCUT2D eigenvalue weighted by atomic mass is 9.99. The van der Waals surface area contributed by atoms with Gasteiger partial charge in [-0.25, -0.2) is 0 Å². The fourth-order valence-corrected chi connectivity index (χ4v) is 2.25. The Kier molecular flexibility index (Phi) is 4.97. The second-order valence-corrected chi connectivity index (χ2v) is 4.47. The number of halogens is 1. The van der Waals surface area contributed by atoms with Gasteiger partial charge in [0.05, 0.1) is 6.04 Å². The molecule has 0 radical (unpaired) electrons. The Labute approximate surface area is 108 Å². The first-order chi connectivity index (χ1) is 7.68. The third-order valence-corrected chi connectivity index (χ3v) is 3.16. The zero-order valence-corrected chi connectivity index (χ0v) is 10.8. The summed E-state index contributed by atoms with van der Waals surface area (Å²) in [6.07, 6.45) is 1.04. The van der Waals surface area contributed by atoms with Gasteiger partial charge in [-0.15, -0.1) is 12.4 Å². The van der Waals surface area contributed by atoms with Gasteiger partial charge in [0.25, 0.3) is 0 Å². The average molecular weight is 255 g/mol. The molecule has 2 N–H and O–H groups in total. The van der Waals surface area contributed by atoms with Crippen LogP contribution in [0, 0.1) is 0 Å². The maximum absolute atomic E-state index is 11.7. The van der Waals surface area contributed by atoms with Crippen LogP contribution in [0.3, 0.4) is 0 Å². The van der Waals surface area contributed by atoms with E-state index < -0.39 is 0 Å². The smallest absolute Gasteiger partial charge is 0.239 e. The first-order valence-electron chi connectivity index (χ1n) is 5.78. The predicted molar refractivity (Wildman–Crippen MR) is 71.3 cm³/mol. The van der Waals surface area contributed by atoms with Crippen LogP contribution in [0.25, 0.3) is 0 Å². The van der Waals surface area contributed by atoms with Crippen molar-refractivity contribution in [2.24, 2.45) is 5.73 Å². The number of likely N-dealkylation sites (tertiary alicyclic amines) is 1. The Morgan fingerprint density at radius 1 is 1.41 bits per heavy atom. The van der Waals surface area contributed by atoms with Gasteiger partial charge in [0.2, 0.25) is 5.91 Å². The molecular formula is C13H19ClN2O. The molecule has 0 saturated carbocycles. The van der Waals surface area contributed by atoms with Gasteiger partial charge in [-0.2, -0.15) is 0 Å². The van der Waals surface area contributed by atoms with Crippen molar-refractivity contribution in [3.05, 3.63) is 35.9 Å². The molecule has 0 bridgehead atoms. The minimum atomic E-state index is -0.380.